The predicted octanol–water partition coefficient (Wildman–Crippen LogP) is 1.91. The minimum Gasteiger partial charge on any atom is -0.497 e. The molecule has 0 saturated carbocycles. The zero-order chi connectivity index (χ0) is 17.7. The van der Waals surface area contributed by atoms with Crippen molar-refractivity contribution in [2.45, 2.75) is 25.3 Å². The first kappa shape index (κ1) is 17.3. The van der Waals surface area contributed by atoms with Crippen LogP contribution in [0, 0.1) is 28.6 Å². The molecule has 0 spiro atoms. The molecule has 1 aromatic rings. The van der Waals surface area contributed by atoms with Gasteiger partial charge in [0.05, 0.1) is 25.2 Å². The molecular weight excluding hydrogens is 308 g/mol. The highest BCUT2D eigenvalue weighted by atomic mass is 16.5. The molecule has 0 aromatic heterocycles. The van der Waals surface area contributed by atoms with Crippen molar-refractivity contribution in [3.8, 4) is 17.9 Å². The predicted molar refractivity (Wildman–Crippen MR) is 84.5 cm³/mol. The molecule has 24 heavy (non-hydrogen) atoms. The Morgan fingerprint density at radius 3 is 2.50 bits per heavy atom. The zero-order valence-electron chi connectivity index (χ0n) is 13.6. The first-order valence-corrected chi connectivity index (χ1v) is 7.51. The minimum atomic E-state index is -1.18. The highest BCUT2D eigenvalue weighted by Crippen LogP contribution is 2.30. The molecule has 0 aliphatic carbocycles. The van der Waals surface area contributed by atoms with Crippen LogP contribution in [-0.4, -0.2) is 30.5 Å². The summed E-state index contributed by atoms with van der Waals surface area (Å²) < 4.78 is 5.09. The largest absolute Gasteiger partial charge is 0.497 e. The number of amides is 3. The van der Waals surface area contributed by atoms with Gasteiger partial charge in [0.15, 0.2) is 0 Å². The Morgan fingerprint density at radius 2 is 1.96 bits per heavy atom. The van der Waals surface area contributed by atoms with E-state index in [9.17, 15) is 9.59 Å². The van der Waals surface area contributed by atoms with E-state index in [1.165, 1.54) is 0 Å². The SMILES string of the molecule is COc1ccc([C@@]2(C)NC(=O)N(C[C@H](C#N)CCC#N)C2=O)cc1. The minimum absolute atomic E-state index is 0.0193. The molecule has 124 valence electrons. The molecule has 0 bridgehead atoms. The van der Waals surface area contributed by atoms with Crippen molar-refractivity contribution in [1.29, 1.82) is 10.5 Å². The van der Waals surface area contributed by atoms with Crippen LogP contribution in [0.5, 0.6) is 5.75 Å². The normalized spacial score (nSPS) is 20.9. The number of nitrogens with one attached hydrogen (secondary N) is 1. The Labute approximate surface area is 140 Å². The van der Waals surface area contributed by atoms with E-state index < -0.39 is 23.4 Å². The smallest absolute Gasteiger partial charge is 0.325 e. The highest BCUT2D eigenvalue weighted by molar-refractivity contribution is 6.07. The van der Waals surface area contributed by atoms with E-state index in [-0.39, 0.29) is 13.0 Å². The van der Waals surface area contributed by atoms with Crippen molar-refractivity contribution in [1.82, 2.24) is 10.2 Å². The number of rotatable bonds is 6. The van der Waals surface area contributed by atoms with Crippen molar-refractivity contribution >= 4 is 11.9 Å². The molecule has 1 N–H and O–H groups in total. The average molecular weight is 326 g/mol. The molecule has 1 aliphatic heterocycles. The fraction of sp³-hybridized carbons (Fsp3) is 0.412. The van der Waals surface area contributed by atoms with Crippen molar-refractivity contribution in [3.63, 3.8) is 0 Å². The van der Waals surface area contributed by atoms with Gasteiger partial charge in [0.2, 0.25) is 0 Å². The van der Waals surface area contributed by atoms with Crippen molar-refractivity contribution in [3.05, 3.63) is 29.8 Å². The quantitative estimate of drug-likeness (QED) is 0.804. The van der Waals surface area contributed by atoms with E-state index in [1.54, 1.807) is 38.3 Å². The monoisotopic (exact) mass is 326 g/mol. The third kappa shape index (κ3) is 3.16. The van der Waals surface area contributed by atoms with Gasteiger partial charge in [-0.2, -0.15) is 10.5 Å². The Hall–Kier alpha value is -3.06. The van der Waals surface area contributed by atoms with Crippen LogP contribution in [0.1, 0.15) is 25.3 Å². The maximum absolute atomic E-state index is 12.8. The lowest BCUT2D eigenvalue weighted by atomic mass is 9.91. The first-order chi connectivity index (χ1) is 11.5. The number of benzene rings is 1. The second kappa shape index (κ2) is 7.01. The summed E-state index contributed by atoms with van der Waals surface area (Å²) in [6.07, 6.45) is 0.529. The summed E-state index contributed by atoms with van der Waals surface area (Å²) in [7, 11) is 1.55. The molecular formula is C17H18N4O3. The number of hydrogen-bond donors (Lipinski definition) is 1. The number of ether oxygens (including phenoxy) is 1. The Morgan fingerprint density at radius 1 is 1.29 bits per heavy atom. The second-order valence-corrected chi connectivity index (χ2v) is 5.72. The molecule has 7 nitrogen and oxygen atoms in total. The summed E-state index contributed by atoms with van der Waals surface area (Å²) in [6.45, 7) is 1.61. The van der Waals surface area contributed by atoms with Crippen LogP contribution in [0.3, 0.4) is 0 Å². The lowest BCUT2D eigenvalue weighted by molar-refractivity contribution is -0.131. The van der Waals surface area contributed by atoms with Gasteiger partial charge in [-0.15, -0.1) is 0 Å². The summed E-state index contributed by atoms with van der Waals surface area (Å²) >= 11 is 0. The molecule has 1 aromatic carbocycles. The van der Waals surface area contributed by atoms with Crippen LogP contribution in [0.2, 0.25) is 0 Å². The molecule has 2 rings (SSSR count). The number of carbonyl (C=O) groups excluding carboxylic acids is 2. The maximum atomic E-state index is 12.8. The van der Waals surface area contributed by atoms with E-state index in [4.69, 9.17) is 15.3 Å². The topological polar surface area (TPSA) is 106 Å². The molecule has 1 heterocycles. The number of imide groups is 1. The van der Waals surface area contributed by atoms with Gasteiger partial charge >= 0.3 is 6.03 Å². The van der Waals surface area contributed by atoms with E-state index in [0.717, 1.165) is 4.90 Å². The van der Waals surface area contributed by atoms with Gasteiger partial charge in [-0.05, 0) is 31.0 Å². The number of methoxy groups -OCH3 is 1. The molecule has 7 heteroatoms. The summed E-state index contributed by atoms with van der Waals surface area (Å²) in [5, 5.41) is 20.5. The van der Waals surface area contributed by atoms with Crippen molar-refractivity contribution in [2.24, 2.45) is 5.92 Å². The number of nitrogens with zero attached hydrogens (tertiary/aromatic N) is 3. The summed E-state index contributed by atoms with van der Waals surface area (Å²) in [5.74, 6) is -0.315. The third-order valence-corrected chi connectivity index (χ3v) is 4.13. The Bertz CT molecular complexity index is 717. The number of urea groups is 1. The van der Waals surface area contributed by atoms with Crippen molar-refractivity contribution in [2.75, 3.05) is 13.7 Å². The molecule has 3 amide bonds. The van der Waals surface area contributed by atoms with Gasteiger partial charge in [-0.25, -0.2) is 4.79 Å². The third-order valence-electron chi connectivity index (χ3n) is 4.13. The highest BCUT2D eigenvalue weighted by Gasteiger charge is 2.49. The van der Waals surface area contributed by atoms with Gasteiger partial charge in [0.25, 0.3) is 5.91 Å². The molecule has 2 atom stereocenters. The molecule has 1 saturated heterocycles. The Kier molecular flexibility index (Phi) is 5.05. The number of carbonyl (C=O) groups is 2. The van der Waals surface area contributed by atoms with Crippen LogP contribution in [0.15, 0.2) is 24.3 Å². The van der Waals surface area contributed by atoms with E-state index in [1.807, 2.05) is 12.1 Å². The Balaban J connectivity index is 2.20. The zero-order valence-corrected chi connectivity index (χ0v) is 13.6. The lowest BCUT2D eigenvalue weighted by Crippen LogP contribution is -2.41. The lowest BCUT2D eigenvalue weighted by Gasteiger charge is -2.23. The molecule has 0 radical (unpaired) electrons. The number of nitriles is 2. The second-order valence-electron chi connectivity index (χ2n) is 5.72. The fourth-order valence-electron chi connectivity index (χ4n) is 2.64. The van der Waals surface area contributed by atoms with Crippen LogP contribution >= 0.6 is 0 Å². The summed E-state index contributed by atoms with van der Waals surface area (Å²) in [5.41, 5.74) is -0.548. The molecule has 0 unspecified atom stereocenters. The van der Waals surface area contributed by atoms with Gasteiger partial charge in [-0.3, -0.25) is 9.69 Å². The van der Waals surface area contributed by atoms with Crippen molar-refractivity contribution < 1.29 is 14.3 Å². The summed E-state index contributed by atoms with van der Waals surface area (Å²) in [4.78, 5) is 26.0. The molecule has 1 fully saturated rings. The summed E-state index contributed by atoms with van der Waals surface area (Å²) in [6, 6.07) is 10.4. The molecule has 1 aliphatic rings. The van der Waals surface area contributed by atoms with E-state index in [0.29, 0.717) is 17.7 Å². The van der Waals surface area contributed by atoms with E-state index in [2.05, 4.69) is 5.32 Å². The first-order valence-electron chi connectivity index (χ1n) is 7.51. The average Bonchev–Trinajstić information content (AvgIpc) is 2.82. The van der Waals surface area contributed by atoms with Gasteiger partial charge in [0, 0.05) is 13.0 Å². The standard InChI is InChI=1S/C17H18N4O3/c1-17(13-5-7-14(24-2)8-6-13)15(22)21(16(23)20-17)11-12(10-19)4-3-9-18/h5-8,12H,3-4,11H2,1-2H3,(H,20,23)/t12-,17+/m0/s1. The van der Waals surface area contributed by atoms with Crippen LogP contribution < -0.4 is 10.1 Å². The fourth-order valence-corrected chi connectivity index (χ4v) is 2.64. The van der Waals surface area contributed by atoms with Crippen LogP contribution in [0.25, 0.3) is 0 Å². The van der Waals surface area contributed by atoms with Crippen LogP contribution in [-0.2, 0) is 10.3 Å². The number of hydrogen-bond acceptors (Lipinski definition) is 5. The maximum Gasteiger partial charge on any atom is 0.325 e. The van der Waals surface area contributed by atoms with Crippen LogP contribution in [0.4, 0.5) is 4.79 Å². The van der Waals surface area contributed by atoms with Gasteiger partial charge in [-0.1, -0.05) is 12.1 Å². The van der Waals surface area contributed by atoms with Gasteiger partial charge < -0.3 is 10.1 Å². The van der Waals surface area contributed by atoms with Gasteiger partial charge in [0.1, 0.15) is 11.3 Å². The van der Waals surface area contributed by atoms with E-state index >= 15 is 0 Å².